The van der Waals surface area contributed by atoms with Crippen LogP contribution >= 0.6 is 0 Å². The molecule has 2 aromatic carbocycles. The van der Waals surface area contributed by atoms with Crippen molar-refractivity contribution in [2.24, 2.45) is 0 Å². The van der Waals surface area contributed by atoms with Gasteiger partial charge in [-0.05, 0) is 48.5 Å². The zero-order valence-electron chi connectivity index (χ0n) is 14.1. The average Bonchev–Trinajstić information content (AvgIpc) is 2.56. The summed E-state index contributed by atoms with van der Waals surface area (Å²) in [7, 11) is -2.07. The molecule has 134 valence electrons. The van der Waals surface area contributed by atoms with Crippen molar-refractivity contribution < 1.29 is 17.9 Å². The van der Waals surface area contributed by atoms with Crippen molar-refractivity contribution in [3.05, 3.63) is 48.5 Å². The van der Waals surface area contributed by atoms with Crippen LogP contribution in [0.5, 0.6) is 0 Å². The number of nitrogens with one attached hydrogen (secondary N) is 3. The minimum Gasteiger partial charge on any atom is -0.383 e. The molecule has 0 spiro atoms. The van der Waals surface area contributed by atoms with Crippen molar-refractivity contribution in [3.8, 4) is 0 Å². The molecule has 0 saturated heterocycles. The van der Waals surface area contributed by atoms with Crippen LogP contribution in [0, 0.1) is 0 Å². The zero-order valence-corrected chi connectivity index (χ0v) is 14.9. The predicted molar refractivity (Wildman–Crippen MR) is 98.4 cm³/mol. The van der Waals surface area contributed by atoms with Crippen LogP contribution in [0.2, 0.25) is 0 Å². The Morgan fingerprint density at radius 1 is 0.960 bits per heavy atom. The van der Waals surface area contributed by atoms with E-state index >= 15 is 0 Å². The predicted octanol–water partition coefficient (Wildman–Crippen LogP) is 2.50. The maximum absolute atomic E-state index is 12.4. The summed E-state index contributed by atoms with van der Waals surface area (Å²) in [5, 5.41) is 5.74. The van der Waals surface area contributed by atoms with E-state index in [4.69, 9.17) is 4.74 Å². The van der Waals surface area contributed by atoms with Gasteiger partial charge in [0, 0.05) is 37.6 Å². The highest BCUT2D eigenvalue weighted by Gasteiger charge is 2.14. The first kappa shape index (κ1) is 18.8. The summed E-state index contributed by atoms with van der Waals surface area (Å²) in [4.78, 5) is 11.1. The molecule has 0 unspecified atom stereocenters. The molecule has 0 aliphatic heterocycles. The lowest BCUT2D eigenvalue weighted by Gasteiger charge is -2.10. The van der Waals surface area contributed by atoms with E-state index in [9.17, 15) is 13.2 Å². The van der Waals surface area contributed by atoms with Gasteiger partial charge in [0.25, 0.3) is 10.0 Å². The fraction of sp³-hybridized carbons (Fsp3) is 0.235. The van der Waals surface area contributed by atoms with Crippen molar-refractivity contribution in [1.29, 1.82) is 0 Å². The number of carbonyl (C=O) groups is 1. The molecule has 0 aliphatic rings. The van der Waals surface area contributed by atoms with Gasteiger partial charge in [0.1, 0.15) is 0 Å². The lowest BCUT2D eigenvalue weighted by Crippen LogP contribution is -2.13. The normalized spacial score (nSPS) is 11.0. The number of anilines is 3. The maximum Gasteiger partial charge on any atom is 0.261 e. The first-order valence-corrected chi connectivity index (χ1v) is 9.12. The fourth-order valence-corrected chi connectivity index (χ4v) is 3.15. The number of amides is 1. The molecule has 2 rings (SSSR count). The lowest BCUT2D eigenvalue weighted by molar-refractivity contribution is -0.114. The van der Waals surface area contributed by atoms with Crippen LogP contribution in [0.25, 0.3) is 0 Å². The molecule has 0 saturated carbocycles. The van der Waals surface area contributed by atoms with Gasteiger partial charge < -0.3 is 15.4 Å². The van der Waals surface area contributed by atoms with E-state index in [1.807, 2.05) is 0 Å². The second-order valence-electron chi connectivity index (χ2n) is 5.31. The Morgan fingerprint density at radius 3 is 2.08 bits per heavy atom. The Balaban J connectivity index is 2.03. The number of methoxy groups -OCH3 is 1. The molecule has 0 atom stereocenters. The van der Waals surface area contributed by atoms with Gasteiger partial charge in [0.2, 0.25) is 5.91 Å². The van der Waals surface area contributed by atoms with E-state index in [1.54, 1.807) is 43.5 Å². The van der Waals surface area contributed by atoms with E-state index in [-0.39, 0.29) is 10.8 Å². The number of rotatable bonds is 8. The molecule has 7 nitrogen and oxygen atoms in total. The molecule has 1 amide bonds. The molecule has 0 fully saturated rings. The Hall–Kier alpha value is -2.58. The third-order valence-electron chi connectivity index (χ3n) is 3.26. The molecule has 25 heavy (non-hydrogen) atoms. The fourth-order valence-electron chi connectivity index (χ4n) is 2.09. The Bertz CT molecular complexity index is 803. The van der Waals surface area contributed by atoms with Gasteiger partial charge in [0.15, 0.2) is 0 Å². The average molecular weight is 363 g/mol. The van der Waals surface area contributed by atoms with Crippen LogP contribution in [-0.4, -0.2) is 34.6 Å². The Labute approximate surface area is 147 Å². The number of sulfonamides is 1. The summed E-state index contributed by atoms with van der Waals surface area (Å²) < 4.78 is 32.3. The molecule has 8 heteroatoms. The van der Waals surface area contributed by atoms with Crippen LogP contribution in [0.3, 0.4) is 0 Å². The lowest BCUT2D eigenvalue weighted by atomic mass is 10.3. The molecule has 0 aromatic heterocycles. The summed E-state index contributed by atoms with van der Waals surface area (Å²) in [6, 6.07) is 12.9. The van der Waals surface area contributed by atoms with Gasteiger partial charge in [-0.2, -0.15) is 0 Å². The van der Waals surface area contributed by atoms with Gasteiger partial charge in [-0.15, -0.1) is 0 Å². The van der Waals surface area contributed by atoms with Gasteiger partial charge in [-0.3, -0.25) is 9.52 Å². The SMILES string of the molecule is COCCNc1ccc(NS(=O)(=O)c2ccc(NC(C)=O)cc2)cc1. The largest absolute Gasteiger partial charge is 0.383 e. The summed E-state index contributed by atoms with van der Waals surface area (Å²) >= 11 is 0. The van der Waals surface area contributed by atoms with E-state index < -0.39 is 10.0 Å². The number of benzene rings is 2. The molecule has 2 aromatic rings. The second kappa shape index (κ2) is 8.50. The van der Waals surface area contributed by atoms with Gasteiger partial charge >= 0.3 is 0 Å². The van der Waals surface area contributed by atoms with Crippen LogP contribution < -0.4 is 15.4 Å². The monoisotopic (exact) mass is 363 g/mol. The van der Waals surface area contributed by atoms with Crippen LogP contribution in [0.4, 0.5) is 17.1 Å². The van der Waals surface area contributed by atoms with Crippen LogP contribution in [0.15, 0.2) is 53.4 Å². The summed E-state index contributed by atoms with van der Waals surface area (Å²) in [6.07, 6.45) is 0. The highest BCUT2D eigenvalue weighted by molar-refractivity contribution is 7.92. The zero-order chi connectivity index (χ0) is 18.3. The van der Waals surface area contributed by atoms with Crippen molar-refractivity contribution in [3.63, 3.8) is 0 Å². The summed E-state index contributed by atoms with van der Waals surface area (Å²) in [5.41, 5.74) is 1.88. The van der Waals surface area contributed by atoms with Gasteiger partial charge in [-0.1, -0.05) is 0 Å². The molecule has 3 N–H and O–H groups in total. The van der Waals surface area contributed by atoms with Crippen molar-refractivity contribution >= 4 is 33.0 Å². The topological polar surface area (TPSA) is 96.5 Å². The second-order valence-corrected chi connectivity index (χ2v) is 6.99. The molecule has 0 bridgehead atoms. The molecular weight excluding hydrogens is 342 g/mol. The summed E-state index contributed by atoms with van der Waals surface area (Å²) in [5.74, 6) is -0.215. The smallest absolute Gasteiger partial charge is 0.261 e. The first-order valence-electron chi connectivity index (χ1n) is 7.64. The number of carbonyl (C=O) groups excluding carboxylic acids is 1. The van der Waals surface area contributed by atoms with Crippen molar-refractivity contribution in [1.82, 2.24) is 0 Å². The number of hydrogen-bond acceptors (Lipinski definition) is 5. The standard InChI is InChI=1S/C17H21N3O4S/c1-13(21)19-15-7-9-17(10-8-15)25(22,23)20-16-5-3-14(4-6-16)18-11-12-24-2/h3-10,18,20H,11-12H2,1-2H3,(H,19,21). The highest BCUT2D eigenvalue weighted by atomic mass is 32.2. The summed E-state index contributed by atoms with van der Waals surface area (Å²) in [6.45, 7) is 2.64. The molecule has 0 heterocycles. The first-order chi connectivity index (χ1) is 11.9. The highest BCUT2D eigenvalue weighted by Crippen LogP contribution is 2.20. The minimum atomic E-state index is -3.70. The Kier molecular flexibility index (Phi) is 6.37. The van der Waals surface area contributed by atoms with Gasteiger partial charge in [-0.25, -0.2) is 8.42 Å². The number of ether oxygens (including phenoxy) is 1. The third-order valence-corrected chi connectivity index (χ3v) is 4.65. The van der Waals surface area contributed by atoms with Crippen molar-refractivity contribution in [2.75, 3.05) is 35.6 Å². The minimum absolute atomic E-state index is 0.115. The molecule has 0 radical (unpaired) electrons. The van der Waals surface area contributed by atoms with E-state index in [0.29, 0.717) is 24.5 Å². The number of hydrogen-bond donors (Lipinski definition) is 3. The van der Waals surface area contributed by atoms with Crippen molar-refractivity contribution in [2.45, 2.75) is 11.8 Å². The Morgan fingerprint density at radius 2 is 1.52 bits per heavy atom. The van der Waals surface area contributed by atoms with E-state index in [1.165, 1.54) is 19.1 Å². The molecular formula is C17H21N3O4S. The van der Waals surface area contributed by atoms with Gasteiger partial charge in [0.05, 0.1) is 11.5 Å². The van der Waals surface area contributed by atoms with Crippen LogP contribution in [-0.2, 0) is 19.6 Å². The quantitative estimate of drug-likeness (QED) is 0.626. The van der Waals surface area contributed by atoms with Crippen LogP contribution in [0.1, 0.15) is 6.92 Å². The maximum atomic E-state index is 12.4. The molecule has 0 aliphatic carbocycles. The van der Waals surface area contributed by atoms with E-state index in [2.05, 4.69) is 15.4 Å². The van der Waals surface area contributed by atoms with E-state index in [0.717, 1.165) is 5.69 Å². The third kappa shape index (κ3) is 5.77.